The number of hydrogen-bond donors (Lipinski definition) is 1. The normalized spacial score (nSPS) is 12.9. The first kappa shape index (κ1) is 14.1. The number of amides is 1. The quantitative estimate of drug-likeness (QED) is 0.771. The second-order valence-electron chi connectivity index (χ2n) is 4.92. The molecular weight excluding hydrogens is 236 g/mol. The molecule has 0 aliphatic rings. The number of carbonyl (C=O) groups is 2. The monoisotopic (exact) mass is 254 g/mol. The topological polar surface area (TPSA) is 86.1 Å². The molecule has 0 bridgehead atoms. The summed E-state index contributed by atoms with van der Waals surface area (Å²) in [5.41, 5.74) is -0.567. The molecule has 1 atom stereocenters. The highest BCUT2D eigenvalue weighted by molar-refractivity contribution is 5.84. The Morgan fingerprint density at radius 2 is 2.11 bits per heavy atom. The van der Waals surface area contributed by atoms with Gasteiger partial charge in [0.05, 0.1) is 0 Å². The SMILES string of the molecule is C[C@@H](NC(=O)Cn1cncn1)C(=O)OC(C)(C)C. The summed E-state index contributed by atoms with van der Waals surface area (Å²) in [7, 11) is 0. The number of ether oxygens (including phenoxy) is 1. The van der Waals surface area contributed by atoms with Crippen LogP contribution in [0, 0.1) is 0 Å². The maximum atomic E-state index is 11.6. The molecule has 0 unspecified atom stereocenters. The van der Waals surface area contributed by atoms with E-state index in [-0.39, 0.29) is 12.5 Å². The summed E-state index contributed by atoms with van der Waals surface area (Å²) < 4.78 is 6.52. The van der Waals surface area contributed by atoms with Crippen LogP contribution in [-0.4, -0.2) is 38.3 Å². The van der Waals surface area contributed by atoms with E-state index >= 15 is 0 Å². The lowest BCUT2D eigenvalue weighted by molar-refractivity contribution is -0.158. The molecular formula is C11H18N4O3. The Morgan fingerprint density at radius 1 is 1.44 bits per heavy atom. The van der Waals surface area contributed by atoms with E-state index in [2.05, 4.69) is 15.4 Å². The van der Waals surface area contributed by atoms with Crippen LogP contribution < -0.4 is 5.32 Å². The van der Waals surface area contributed by atoms with Crippen molar-refractivity contribution < 1.29 is 14.3 Å². The number of hydrogen-bond acceptors (Lipinski definition) is 5. The highest BCUT2D eigenvalue weighted by Crippen LogP contribution is 2.08. The van der Waals surface area contributed by atoms with Crippen LogP contribution in [0.1, 0.15) is 27.7 Å². The number of nitrogens with zero attached hydrogens (tertiary/aromatic N) is 3. The third kappa shape index (κ3) is 4.94. The largest absolute Gasteiger partial charge is 0.458 e. The average Bonchev–Trinajstić information content (AvgIpc) is 2.67. The maximum absolute atomic E-state index is 11.6. The molecule has 1 aromatic heterocycles. The van der Waals surface area contributed by atoms with Crippen LogP contribution in [0.4, 0.5) is 0 Å². The van der Waals surface area contributed by atoms with Crippen LogP contribution in [0.2, 0.25) is 0 Å². The fourth-order valence-corrected chi connectivity index (χ4v) is 1.20. The van der Waals surface area contributed by atoms with Gasteiger partial charge in [-0.25, -0.2) is 14.5 Å². The van der Waals surface area contributed by atoms with E-state index in [1.54, 1.807) is 27.7 Å². The number of carbonyl (C=O) groups excluding carboxylic acids is 2. The zero-order chi connectivity index (χ0) is 13.8. The van der Waals surface area contributed by atoms with Crippen LogP contribution in [-0.2, 0) is 20.9 Å². The van der Waals surface area contributed by atoms with E-state index < -0.39 is 17.6 Å². The van der Waals surface area contributed by atoms with Crippen molar-refractivity contribution in [3.8, 4) is 0 Å². The molecule has 0 aromatic carbocycles. The highest BCUT2D eigenvalue weighted by Gasteiger charge is 2.22. The van der Waals surface area contributed by atoms with Gasteiger partial charge in [0, 0.05) is 0 Å². The third-order valence-corrected chi connectivity index (χ3v) is 1.91. The summed E-state index contributed by atoms with van der Waals surface area (Å²) in [5.74, 6) is -0.784. The molecule has 1 N–H and O–H groups in total. The first-order chi connectivity index (χ1) is 8.28. The molecule has 100 valence electrons. The fourth-order valence-electron chi connectivity index (χ4n) is 1.20. The molecule has 1 aromatic rings. The van der Waals surface area contributed by atoms with Gasteiger partial charge in [-0.05, 0) is 27.7 Å². The van der Waals surface area contributed by atoms with E-state index in [9.17, 15) is 9.59 Å². The highest BCUT2D eigenvalue weighted by atomic mass is 16.6. The van der Waals surface area contributed by atoms with Gasteiger partial charge in [0.15, 0.2) is 0 Å². The minimum Gasteiger partial charge on any atom is -0.458 e. The van der Waals surface area contributed by atoms with Gasteiger partial charge in [-0.3, -0.25) is 4.79 Å². The molecule has 18 heavy (non-hydrogen) atoms. The Balaban J connectivity index is 2.42. The first-order valence-corrected chi connectivity index (χ1v) is 5.62. The van der Waals surface area contributed by atoms with Crippen molar-refractivity contribution in [2.24, 2.45) is 0 Å². The summed E-state index contributed by atoms with van der Waals surface area (Å²) in [6.45, 7) is 6.92. The van der Waals surface area contributed by atoms with Gasteiger partial charge in [0.1, 0.15) is 30.8 Å². The Morgan fingerprint density at radius 3 is 2.61 bits per heavy atom. The predicted octanol–water partition coefficient (Wildman–Crippen LogP) is 0.124. The molecule has 0 saturated heterocycles. The zero-order valence-electron chi connectivity index (χ0n) is 11.0. The standard InChI is InChI=1S/C11H18N4O3/c1-8(10(17)18-11(2,3)4)14-9(16)5-15-7-12-6-13-15/h6-8H,5H2,1-4H3,(H,14,16)/t8-/m1/s1. The number of rotatable bonds is 4. The molecule has 7 heteroatoms. The summed E-state index contributed by atoms with van der Waals surface area (Å²) in [5, 5.41) is 6.33. The summed E-state index contributed by atoms with van der Waals surface area (Å²) in [6.07, 6.45) is 2.77. The van der Waals surface area contributed by atoms with Gasteiger partial charge in [0.2, 0.25) is 5.91 Å². The van der Waals surface area contributed by atoms with Gasteiger partial charge >= 0.3 is 5.97 Å². The van der Waals surface area contributed by atoms with Gasteiger partial charge in [-0.1, -0.05) is 0 Å². The van der Waals surface area contributed by atoms with E-state index in [1.165, 1.54) is 17.3 Å². The lowest BCUT2D eigenvalue weighted by Crippen LogP contribution is -2.43. The van der Waals surface area contributed by atoms with Gasteiger partial charge in [0.25, 0.3) is 0 Å². The minimum absolute atomic E-state index is 0.0210. The van der Waals surface area contributed by atoms with E-state index in [0.717, 1.165) is 0 Å². The molecule has 0 fully saturated rings. The molecule has 7 nitrogen and oxygen atoms in total. The summed E-state index contributed by atoms with van der Waals surface area (Å²) >= 11 is 0. The molecule has 1 rings (SSSR count). The van der Waals surface area contributed by atoms with E-state index in [4.69, 9.17) is 4.74 Å². The van der Waals surface area contributed by atoms with Crippen LogP contribution >= 0.6 is 0 Å². The van der Waals surface area contributed by atoms with Crippen LogP contribution in [0.15, 0.2) is 12.7 Å². The Kier molecular flexibility index (Phi) is 4.41. The van der Waals surface area contributed by atoms with Gasteiger partial charge in [-0.2, -0.15) is 5.10 Å². The fraction of sp³-hybridized carbons (Fsp3) is 0.636. The minimum atomic E-state index is -0.694. The maximum Gasteiger partial charge on any atom is 0.328 e. The first-order valence-electron chi connectivity index (χ1n) is 5.62. The second-order valence-corrected chi connectivity index (χ2v) is 4.92. The third-order valence-electron chi connectivity index (χ3n) is 1.91. The molecule has 0 aliphatic heterocycles. The Labute approximate surface area is 106 Å². The number of aromatic nitrogens is 3. The van der Waals surface area contributed by atoms with Crippen LogP contribution in [0.25, 0.3) is 0 Å². The van der Waals surface area contributed by atoms with Crippen molar-refractivity contribution in [2.45, 2.75) is 45.9 Å². The number of esters is 1. The smallest absolute Gasteiger partial charge is 0.328 e. The Bertz CT molecular complexity index is 408. The predicted molar refractivity (Wildman–Crippen MR) is 63.5 cm³/mol. The van der Waals surface area contributed by atoms with Gasteiger partial charge < -0.3 is 10.1 Å². The van der Waals surface area contributed by atoms with Crippen LogP contribution in [0.5, 0.6) is 0 Å². The van der Waals surface area contributed by atoms with Crippen molar-refractivity contribution in [2.75, 3.05) is 0 Å². The second kappa shape index (κ2) is 5.61. The van der Waals surface area contributed by atoms with Crippen LogP contribution in [0.3, 0.4) is 0 Å². The van der Waals surface area contributed by atoms with E-state index in [1.807, 2.05) is 0 Å². The van der Waals surface area contributed by atoms with Crippen molar-refractivity contribution in [3.63, 3.8) is 0 Å². The van der Waals surface area contributed by atoms with E-state index in [0.29, 0.717) is 0 Å². The molecule has 0 aliphatic carbocycles. The molecule has 1 amide bonds. The van der Waals surface area contributed by atoms with Crippen molar-refractivity contribution in [1.82, 2.24) is 20.1 Å². The molecule has 0 spiro atoms. The average molecular weight is 254 g/mol. The zero-order valence-corrected chi connectivity index (χ0v) is 11.0. The van der Waals surface area contributed by atoms with Gasteiger partial charge in [-0.15, -0.1) is 0 Å². The van der Waals surface area contributed by atoms with Crippen molar-refractivity contribution in [3.05, 3.63) is 12.7 Å². The number of nitrogens with one attached hydrogen (secondary N) is 1. The molecule has 0 saturated carbocycles. The molecule has 1 heterocycles. The molecule has 0 radical (unpaired) electrons. The van der Waals surface area contributed by atoms with Crippen molar-refractivity contribution >= 4 is 11.9 Å². The Hall–Kier alpha value is -1.92. The summed E-state index contributed by atoms with van der Waals surface area (Å²) in [4.78, 5) is 26.9. The lowest BCUT2D eigenvalue weighted by atomic mass is 10.2. The van der Waals surface area contributed by atoms with Crippen molar-refractivity contribution in [1.29, 1.82) is 0 Å². The summed E-state index contributed by atoms with van der Waals surface area (Å²) in [6, 6.07) is -0.694. The lowest BCUT2D eigenvalue weighted by Gasteiger charge is -2.22.